The summed E-state index contributed by atoms with van der Waals surface area (Å²) in [4.78, 5) is 37.5. The van der Waals surface area contributed by atoms with Crippen LogP contribution >= 0.6 is 0 Å². The van der Waals surface area contributed by atoms with E-state index in [1.165, 1.54) is 23.5 Å². The fourth-order valence-electron chi connectivity index (χ4n) is 4.83. The summed E-state index contributed by atoms with van der Waals surface area (Å²) < 4.78 is 24.1. The lowest BCUT2D eigenvalue weighted by molar-refractivity contribution is -0.659. The molecular formula is C28H36FN3O17. The Balaban J connectivity index is 0.00000319. The summed E-state index contributed by atoms with van der Waals surface area (Å²) in [6.07, 6.45) is 5.10. The van der Waals surface area contributed by atoms with Gasteiger partial charge in [0.05, 0.1) is 12.8 Å². The third-order valence-electron chi connectivity index (χ3n) is 7.47. The van der Waals surface area contributed by atoms with Crippen molar-refractivity contribution >= 4 is 17.7 Å². The van der Waals surface area contributed by atoms with Crippen LogP contribution in [0.2, 0.25) is 0 Å². The fourth-order valence-corrected chi connectivity index (χ4v) is 4.83. The average molecular weight is 706 g/mol. The molecule has 3 amide bonds. The number of aliphatic hydroxyl groups is 12. The monoisotopic (exact) mass is 705 g/mol. The van der Waals surface area contributed by atoms with Crippen molar-refractivity contribution in [2.75, 3.05) is 6.54 Å². The number of carbonyl (C=O) groups is 3. The maximum absolute atomic E-state index is 15.0. The van der Waals surface area contributed by atoms with E-state index in [1.807, 2.05) is 13.8 Å². The lowest BCUT2D eigenvalue weighted by Crippen LogP contribution is -2.83. The average Bonchev–Trinajstić information content (AvgIpc) is 3.28. The smallest absolute Gasteiger partial charge is 0.356 e. The van der Waals surface area contributed by atoms with Gasteiger partial charge in [-0.25, -0.2) is 4.39 Å². The van der Waals surface area contributed by atoms with E-state index in [-0.39, 0.29) is 22.3 Å². The normalized spacial score (nSPS) is 26.9. The molecule has 0 aliphatic carbocycles. The van der Waals surface area contributed by atoms with Crippen LogP contribution in [0.25, 0.3) is 0 Å². The van der Waals surface area contributed by atoms with E-state index in [4.69, 9.17) is 4.74 Å². The molecule has 1 aromatic carbocycles. The van der Waals surface area contributed by atoms with Crippen molar-refractivity contribution in [3.05, 3.63) is 70.8 Å². The zero-order valence-electron chi connectivity index (χ0n) is 25.9. The number of hydrogen-bond acceptors (Lipinski definition) is 18. The largest absolute Gasteiger partial charge is 0.496 e. The fraction of sp³-hybridized carbons (Fsp3) is 0.464. The highest BCUT2D eigenvalue weighted by atomic mass is 19.1. The Bertz CT molecular complexity index is 1540. The zero-order chi connectivity index (χ0) is 37.5. The quantitative estimate of drug-likeness (QED) is 0.0544. The summed E-state index contributed by atoms with van der Waals surface area (Å²) in [5.74, 6) is -29.7. The number of rotatable bonds is 7. The van der Waals surface area contributed by atoms with E-state index in [9.17, 15) is 80.1 Å². The van der Waals surface area contributed by atoms with Gasteiger partial charge >= 0.3 is 29.6 Å². The highest BCUT2D eigenvalue weighted by Gasteiger charge is 2.74. The maximum atomic E-state index is 15.0. The number of likely N-dealkylation sites (tertiary alicyclic amines) is 1. The number of benzene rings is 1. The summed E-state index contributed by atoms with van der Waals surface area (Å²) in [7, 11) is 0. The first-order chi connectivity index (χ1) is 22.4. The van der Waals surface area contributed by atoms with Crippen molar-refractivity contribution in [3.8, 4) is 0 Å². The van der Waals surface area contributed by atoms with E-state index in [0.717, 1.165) is 18.4 Å². The van der Waals surface area contributed by atoms with Crippen molar-refractivity contribution < 1.29 is 89.5 Å². The van der Waals surface area contributed by atoms with Gasteiger partial charge in [-0.1, -0.05) is 38.1 Å². The van der Waals surface area contributed by atoms with Crippen LogP contribution in [-0.4, -0.2) is 137 Å². The molecular weight excluding hydrogens is 669 g/mol. The molecule has 3 aliphatic heterocycles. The van der Waals surface area contributed by atoms with Crippen LogP contribution in [0, 0.1) is 5.82 Å². The van der Waals surface area contributed by atoms with E-state index in [1.54, 1.807) is 6.92 Å². The van der Waals surface area contributed by atoms with Gasteiger partial charge in [0.2, 0.25) is 0 Å². The molecule has 20 nitrogen and oxygen atoms in total. The van der Waals surface area contributed by atoms with Crippen molar-refractivity contribution in [3.63, 3.8) is 0 Å². The van der Waals surface area contributed by atoms with Crippen LogP contribution in [0.1, 0.15) is 31.9 Å². The molecule has 21 heteroatoms. The SMILES string of the molecule is CC.C\C=C/C=C1/C(=O)N(C2C(=O)NC(=O)C(O)(O)C2(O)O)C/C1=C\OCc1ccc(CN2C(O)(O)C(O)(O)OC(O)(O)C2(O)O)cc1F. The third kappa shape index (κ3) is 6.73. The van der Waals surface area contributed by atoms with Gasteiger partial charge in [-0.15, -0.1) is 0 Å². The number of piperidine rings is 1. The predicted molar refractivity (Wildman–Crippen MR) is 152 cm³/mol. The second-order valence-corrected chi connectivity index (χ2v) is 10.7. The Morgan fingerprint density at radius 2 is 1.53 bits per heavy atom. The standard InChI is InChI=1S/C26H30FN3O17.C2H6/c1-2-3-4-15-14(9-29(19(15)32)17-18(31)28-20(33)22(36,37)21(17,34)35)11-46-10-13-6-5-12(7-16(13)27)8-30-23(38,39)25(42,43)47-26(44,45)24(30,40)41;1-2/h2-7,11,17,34-45H,8-10H2,1H3,(H,28,31,33);1-2H3/b3-2-,14-11+,15-4+;. The molecule has 1 atom stereocenters. The molecule has 0 bridgehead atoms. The first-order valence-corrected chi connectivity index (χ1v) is 14.2. The number of hydrogen-bond donors (Lipinski definition) is 13. The first-order valence-electron chi connectivity index (χ1n) is 14.2. The van der Waals surface area contributed by atoms with Crippen LogP contribution in [0.5, 0.6) is 0 Å². The van der Waals surface area contributed by atoms with Gasteiger partial charge in [-0.2, -0.15) is 4.90 Å². The summed E-state index contributed by atoms with van der Waals surface area (Å²) in [5.41, 5.74) is -0.719. The molecule has 4 rings (SSSR count). The highest BCUT2D eigenvalue weighted by Crippen LogP contribution is 2.42. The summed E-state index contributed by atoms with van der Waals surface area (Å²) >= 11 is 0. The molecule has 0 aromatic heterocycles. The van der Waals surface area contributed by atoms with Gasteiger partial charge in [-0.3, -0.25) is 24.4 Å². The third-order valence-corrected chi connectivity index (χ3v) is 7.47. The number of nitrogens with one attached hydrogen (secondary N) is 1. The first kappa shape index (κ1) is 39.7. The van der Waals surface area contributed by atoms with E-state index in [0.29, 0.717) is 11.0 Å². The van der Waals surface area contributed by atoms with Crippen LogP contribution in [-0.2, 0) is 37.0 Å². The molecule has 49 heavy (non-hydrogen) atoms. The zero-order valence-corrected chi connectivity index (χ0v) is 25.9. The number of ether oxygens (including phenoxy) is 2. The Kier molecular flexibility index (Phi) is 10.9. The topological polar surface area (TPSA) is 331 Å². The van der Waals surface area contributed by atoms with Gasteiger partial charge in [0.15, 0.2) is 6.04 Å². The van der Waals surface area contributed by atoms with Crippen LogP contribution in [0.3, 0.4) is 0 Å². The summed E-state index contributed by atoms with van der Waals surface area (Å²) in [5, 5.41) is 121. The second kappa shape index (κ2) is 13.5. The maximum Gasteiger partial charge on any atom is 0.356 e. The minimum absolute atomic E-state index is 0.0168. The second-order valence-electron chi connectivity index (χ2n) is 10.7. The Hall–Kier alpha value is -3.78. The van der Waals surface area contributed by atoms with Gasteiger partial charge in [0.1, 0.15) is 12.4 Å². The molecule has 1 unspecified atom stereocenters. The van der Waals surface area contributed by atoms with Crippen molar-refractivity contribution in [2.45, 2.75) is 75.3 Å². The van der Waals surface area contributed by atoms with Crippen LogP contribution < -0.4 is 5.32 Å². The molecule has 3 heterocycles. The van der Waals surface area contributed by atoms with Crippen molar-refractivity contribution in [1.82, 2.24) is 15.1 Å². The Morgan fingerprint density at radius 3 is 2.06 bits per heavy atom. The van der Waals surface area contributed by atoms with Gasteiger partial charge < -0.3 is 70.9 Å². The number of allylic oxidation sites excluding steroid dienone is 3. The highest BCUT2D eigenvalue weighted by molar-refractivity contribution is 6.09. The molecule has 3 fully saturated rings. The lowest BCUT2D eigenvalue weighted by Gasteiger charge is -2.55. The predicted octanol–water partition coefficient (Wildman–Crippen LogP) is -5.63. The van der Waals surface area contributed by atoms with Crippen molar-refractivity contribution in [1.29, 1.82) is 0 Å². The number of carbonyl (C=O) groups excluding carboxylic acids is 3. The molecule has 3 aliphatic rings. The molecule has 0 radical (unpaired) electrons. The van der Waals surface area contributed by atoms with Gasteiger partial charge in [-0.05, 0) is 24.6 Å². The minimum atomic E-state index is -4.20. The molecule has 272 valence electrons. The number of halogens is 1. The van der Waals surface area contributed by atoms with Crippen molar-refractivity contribution in [2.24, 2.45) is 0 Å². The summed E-state index contributed by atoms with van der Waals surface area (Å²) in [6.45, 7) is 3.25. The number of nitrogens with zero attached hydrogens (tertiary/aromatic N) is 2. The van der Waals surface area contributed by atoms with Crippen LogP contribution in [0.15, 0.2) is 53.8 Å². The van der Waals surface area contributed by atoms with Crippen LogP contribution in [0.4, 0.5) is 4.39 Å². The number of imide groups is 1. The van der Waals surface area contributed by atoms with E-state index in [2.05, 4.69) is 4.74 Å². The number of amides is 3. The molecule has 13 N–H and O–H groups in total. The molecule has 0 saturated carbocycles. The Labute approximate surface area is 275 Å². The number of morpholine rings is 1. The molecule has 1 aromatic rings. The van der Waals surface area contributed by atoms with Gasteiger partial charge in [0.25, 0.3) is 23.5 Å². The molecule has 0 spiro atoms. The molecule has 3 saturated heterocycles. The minimum Gasteiger partial charge on any atom is -0.496 e. The van der Waals surface area contributed by atoms with E-state index >= 15 is 0 Å². The van der Waals surface area contributed by atoms with E-state index < -0.39 is 89.5 Å². The lowest BCUT2D eigenvalue weighted by atomic mass is 9.90. The van der Waals surface area contributed by atoms with Gasteiger partial charge in [0, 0.05) is 23.3 Å². The Morgan fingerprint density at radius 1 is 0.959 bits per heavy atom. The summed E-state index contributed by atoms with van der Waals surface area (Å²) in [6, 6.07) is 0.408.